The fourth-order valence-corrected chi connectivity index (χ4v) is 1.42. The normalized spacial score (nSPS) is 32.2. The van der Waals surface area contributed by atoms with Crippen molar-refractivity contribution in [2.75, 3.05) is 26.4 Å². The Morgan fingerprint density at radius 1 is 1.64 bits per heavy atom. The average Bonchev–Trinajstić information content (AvgIpc) is 2.03. The van der Waals surface area contributed by atoms with Crippen molar-refractivity contribution in [3.8, 4) is 0 Å². The first-order chi connectivity index (χ1) is 5.34. The van der Waals surface area contributed by atoms with Crippen LogP contribution in [0.5, 0.6) is 0 Å². The minimum Gasteiger partial charge on any atom is -0.381 e. The molecule has 3 heteroatoms. The molecule has 2 nitrogen and oxygen atoms in total. The van der Waals surface area contributed by atoms with Crippen molar-refractivity contribution in [1.29, 1.82) is 0 Å². The van der Waals surface area contributed by atoms with E-state index in [9.17, 15) is 4.39 Å². The molecule has 1 saturated heterocycles. The zero-order chi connectivity index (χ0) is 8.10. The van der Waals surface area contributed by atoms with Crippen molar-refractivity contribution >= 4 is 0 Å². The van der Waals surface area contributed by atoms with E-state index in [1.807, 2.05) is 0 Å². The summed E-state index contributed by atoms with van der Waals surface area (Å²) in [7, 11) is 0. The zero-order valence-electron chi connectivity index (χ0n) is 6.98. The van der Waals surface area contributed by atoms with Crippen LogP contribution in [-0.2, 0) is 4.74 Å². The van der Waals surface area contributed by atoms with Crippen LogP contribution in [0.15, 0.2) is 0 Å². The molecule has 0 aromatic rings. The average molecular weight is 161 g/mol. The molecule has 0 bridgehead atoms. The van der Waals surface area contributed by atoms with Crippen LogP contribution in [0.25, 0.3) is 0 Å². The van der Waals surface area contributed by atoms with Crippen molar-refractivity contribution in [2.24, 2.45) is 5.92 Å². The van der Waals surface area contributed by atoms with Gasteiger partial charge in [0.1, 0.15) is 6.67 Å². The lowest BCUT2D eigenvalue weighted by Crippen LogP contribution is -2.42. The number of alkyl halides is 1. The van der Waals surface area contributed by atoms with Crippen molar-refractivity contribution in [2.45, 2.75) is 19.4 Å². The first-order valence-corrected chi connectivity index (χ1v) is 4.21. The molecule has 0 aromatic heterocycles. The van der Waals surface area contributed by atoms with E-state index < -0.39 is 0 Å². The summed E-state index contributed by atoms with van der Waals surface area (Å²) >= 11 is 0. The van der Waals surface area contributed by atoms with Gasteiger partial charge in [-0.3, -0.25) is 0 Å². The second-order valence-electron chi connectivity index (χ2n) is 3.09. The SMILES string of the molecule is CC1COCCC1NCCF. The monoisotopic (exact) mass is 161 g/mol. The van der Waals surface area contributed by atoms with Crippen LogP contribution in [0.1, 0.15) is 13.3 Å². The van der Waals surface area contributed by atoms with E-state index in [1.165, 1.54) is 0 Å². The lowest BCUT2D eigenvalue weighted by atomic mass is 9.98. The van der Waals surface area contributed by atoms with Crippen LogP contribution in [0.4, 0.5) is 4.39 Å². The van der Waals surface area contributed by atoms with E-state index in [4.69, 9.17) is 4.74 Å². The number of hydrogen-bond acceptors (Lipinski definition) is 2. The number of nitrogens with one attached hydrogen (secondary N) is 1. The Balaban J connectivity index is 2.18. The second-order valence-corrected chi connectivity index (χ2v) is 3.09. The van der Waals surface area contributed by atoms with E-state index in [0.717, 1.165) is 19.6 Å². The molecular weight excluding hydrogens is 145 g/mol. The molecule has 1 aliphatic rings. The highest BCUT2D eigenvalue weighted by atomic mass is 19.1. The van der Waals surface area contributed by atoms with Gasteiger partial charge in [0.05, 0.1) is 6.61 Å². The van der Waals surface area contributed by atoms with Gasteiger partial charge in [-0.25, -0.2) is 4.39 Å². The summed E-state index contributed by atoms with van der Waals surface area (Å²) in [6, 6.07) is 0.458. The number of ether oxygens (including phenoxy) is 1. The van der Waals surface area contributed by atoms with Crippen LogP contribution in [0.3, 0.4) is 0 Å². The Bertz CT molecular complexity index is 110. The van der Waals surface area contributed by atoms with Crippen molar-refractivity contribution < 1.29 is 9.13 Å². The van der Waals surface area contributed by atoms with E-state index in [0.29, 0.717) is 18.5 Å². The Hall–Kier alpha value is -0.150. The number of rotatable bonds is 3. The van der Waals surface area contributed by atoms with E-state index in [-0.39, 0.29) is 6.67 Å². The molecule has 0 radical (unpaired) electrons. The third kappa shape index (κ3) is 2.75. The summed E-state index contributed by atoms with van der Waals surface area (Å²) < 4.78 is 17.0. The molecule has 0 aromatic carbocycles. The molecular formula is C8H16FNO. The third-order valence-corrected chi connectivity index (χ3v) is 2.14. The van der Waals surface area contributed by atoms with Gasteiger partial charge >= 0.3 is 0 Å². The van der Waals surface area contributed by atoms with Crippen LogP contribution in [0.2, 0.25) is 0 Å². The maximum atomic E-state index is 11.8. The van der Waals surface area contributed by atoms with Crippen molar-refractivity contribution in [3.63, 3.8) is 0 Å². The highest BCUT2D eigenvalue weighted by molar-refractivity contribution is 4.76. The lowest BCUT2D eigenvalue weighted by Gasteiger charge is -2.29. The molecule has 1 heterocycles. The van der Waals surface area contributed by atoms with Crippen LogP contribution >= 0.6 is 0 Å². The molecule has 0 amide bonds. The molecule has 2 unspecified atom stereocenters. The summed E-state index contributed by atoms with van der Waals surface area (Å²) in [5, 5.41) is 3.17. The summed E-state index contributed by atoms with van der Waals surface area (Å²) in [5.74, 6) is 0.523. The maximum Gasteiger partial charge on any atom is 0.102 e. The lowest BCUT2D eigenvalue weighted by molar-refractivity contribution is 0.0388. The smallest absolute Gasteiger partial charge is 0.102 e. The van der Waals surface area contributed by atoms with Gasteiger partial charge in [0.25, 0.3) is 0 Å². The molecule has 1 rings (SSSR count). The van der Waals surface area contributed by atoms with Crippen molar-refractivity contribution in [3.05, 3.63) is 0 Å². The first kappa shape index (κ1) is 8.94. The molecule has 11 heavy (non-hydrogen) atoms. The van der Waals surface area contributed by atoms with Gasteiger partial charge in [0.15, 0.2) is 0 Å². The van der Waals surface area contributed by atoms with Crippen LogP contribution in [-0.4, -0.2) is 32.5 Å². The fourth-order valence-electron chi connectivity index (χ4n) is 1.42. The third-order valence-electron chi connectivity index (χ3n) is 2.14. The van der Waals surface area contributed by atoms with Gasteiger partial charge in [0, 0.05) is 19.2 Å². The predicted octanol–water partition coefficient (Wildman–Crippen LogP) is 0.971. The standard InChI is InChI=1S/C8H16FNO/c1-7-6-11-5-2-8(7)10-4-3-9/h7-8,10H,2-6H2,1H3. The van der Waals surface area contributed by atoms with Gasteiger partial charge < -0.3 is 10.1 Å². The molecule has 0 spiro atoms. The van der Waals surface area contributed by atoms with E-state index in [2.05, 4.69) is 12.2 Å². The van der Waals surface area contributed by atoms with Gasteiger partial charge in [-0.2, -0.15) is 0 Å². The Kier molecular flexibility index (Phi) is 3.80. The minimum atomic E-state index is -0.274. The molecule has 1 aliphatic heterocycles. The minimum absolute atomic E-state index is 0.274. The Labute approximate surface area is 67.1 Å². The zero-order valence-corrected chi connectivity index (χ0v) is 6.98. The van der Waals surface area contributed by atoms with E-state index in [1.54, 1.807) is 0 Å². The quantitative estimate of drug-likeness (QED) is 0.666. The summed E-state index contributed by atoms with van der Waals surface area (Å²) in [4.78, 5) is 0. The fraction of sp³-hybridized carbons (Fsp3) is 1.00. The van der Waals surface area contributed by atoms with E-state index >= 15 is 0 Å². The molecule has 66 valence electrons. The first-order valence-electron chi connectivity index (χ1n) is 4.21. The number of halogens is 1. The topological polar surface area (TPSA) is 21.3 Å². The highest BCUT2D eigenvalue weighted by Gasteiger charge is 2.20. The second kappa shape index (κ2) is 4.67. The van der Waals surface area contributed by atoms with Crippen LogP contribution in [0, 0.1) is 5.92 Å². The number of hydrogen-bond donors (Lipinski definition) is 1. The van der Waals surface area contributed by atoms with Gasteiger partial charge in [-0.15, -0.1) is 0 Å². The van der Waals surface area contributed by atoms with Crippen LogP contribution < -0.4 is 5.32 Å². The predicted molar refractivity (Wildman–Crippen MR) is 42.4 cm³/mol. The largest absolute Gasteiger partial charge is 0.381 e. The molecule has 0 aliphatic carbocycles. The Morgan fingerprint density at radius 2 is 2.45 bits per heavy atom. The van der Waals surface area contributed by atoms with Crippen molar-refractivity contribution in [1.82, 2.24) is 5.32 Å². The molecule has 0 saturated carbocycles. The summed E-state index contributed by atoms with van der Waals surface area (Å²) in [5.41, 5.74) is 0. The molecule has 1 N–H and O–H groups in total. The summed E-state index contributed by atoms with van der Waals surface area (Å²) in [6.45, 7) is 3.96. The molecule has 2 atom stereocenters. The van der Waals surface area contributed by atoms with Gasteiger partial charge in [-0.05, 0) is 12.3 Å². The summed E-state index contributed by atoms with van der Waals surface area (Å²) in [6.07, 6.45) is 1.02. The Morgan fingerprint density at radius 3 is 3.09 bits per heavy atom. The highest BCUT2D eigenvalue weighted by Crippen LogP contribution is 2.13. The van der Waals surface area contributed by atoms with Gasteiger partial charge in [-0.1, -0.05) is 6.92 Å². The maximum absolute atomic E-state index is 11.8. The molecule has 1 fully saturated rings. The van der Waals surface area contributed by atoms with Gasteiger partial charge in [0.2, 0.25) is 0 Å².